The van der Waals surface area contributed by atoms with E-state index in [1.807, 2.05) is 11.6 Å². The number of benzene rings is 2. The second-order valence-electron chi connectivity index (χ2n) is 6.85. The molecule has 4 rings (SSSR count). The highest BCUT2D eigenvalue weighted by Crippen LogP contribution is 2.28. The number of hydrogen-bond acceptors (Lipinski definition) is 4. The van der Waals surface area contributed by atoms with Crippen molar-refractivity contribution in [1.82, 2.24) is 15.2 Å². The molecule has 1 atom stereocenters. The van der Waals surface area contributed by atoms with Crippen LogP contribution < -0.4 is 5.32 Å². The highest BCUT2D eigenvalue weighted by atomic mass is 32.1. The van der Waals surface area contributed by atoms with Crippen LogP contribution in [0, 0.1) is 0 Å². The predicted octanol–water partition coefficient (Wildman–Crippen LogP) is 3.82. The molecule has 1 aliphatic heterocycles. The van der Waals surface area contributed by atoms with Gasteiger partial charge >= 0.3 is 0 Å². The zero-order chi connectivity index (χ0) is 18.1. The maximum absolute atomic E-state index is 11.9. The maximum atomic E-state index is 11.9. The largest absolute Gasteiger partial charge is 0.355 e. The molecule has 134 valence electrons. The highest BCUT2D eigenvalue weighted by molar-refractivity contribution is 7.16. The van der Waals surface area contributed by atoms with Gasteiger partial charge in [0.15, 0.2) is 0 Å². The van der Waals surface area contributed by atoms with Gasteiger partial charge in [0.25, 0.3) is 5.91 Å². The topological polar surface area (TPSA) is 45.2 Å². The first kappa shape index (κ1) is 17.2. The summed E-state index contributed by atoms with van der Waals surface area (Å²) in [7, 11) is 1.68. The molecule has 0 fully saturated rings. The van der Waals surface area contributed by atoms with Gasteiger partial charge in [0, 0.05) is 31.7 Å². The summed E-state index contributed by atoms with van der Waals surface area (Å²) in [6, 6.07) is 13.1. The molecule has 1 amide bonds. The quantitative estimate of drug-likeness (QED) is 0.767. The van der Waals surface area contributed by atoms with Crippen molar-refractivity contribution in [2.45, 2.75) is 25.8 Å². The van der Waals surface area contributed by atoms with Crippen LogP contribution >= 0.6 is 11.3 Å². The lowest BCUT2D eigenvalue weighted by Gasteiger charge is -2.28. The van der Waals surface area contributed by atoms with E-state index in [0.717, 1.165) is 37.0 Å². The van der Waals surface area contributed by atoms with Crippen molar-refractivity contribution < 1.29 is 4.79 Å². The van der Waals surface area contributed by atoms with Gasteiger partial charge in [-0.3, -0.25) is 9.69 Å². The summed E-state index contributed by atoms with van der Waals surface area (Å²) in [5, 5.41) is 2.71. The molecule has 0 radical (unpaired) electrons. The fourth-order valence-corrected chi connectivity index (χ4v) is 4.42. The van der Waals surface area contributed by atoms with Crippen LogP contribution in [0.4, 0.5) is 0 Å². The third-order valence-electron chi connectivity index (χ3n) is 5.42. The minimum atomic E-state index is -0.0150. The SMILES string of the molecule is CNC(=O)c1ccc2c(c1)CCN([C@@H](C)c1ccc3scnc3c1)CC2. The van der Waals surface area contributed by atoms with Crippen molar-refractivity contribution in [3.05, 3.63) is 64.2 Å². The number of carbonyl (C=O) groups is 1. The average molecular weight is 366 g/mol. The summed E-state index contributed by atoms with van der Waals surface area (Å²) in [6.45, 7) is 4.31. The van der Waals surface area contributed by atoms with Gasteiger partial charge in [-0.2, -0.15) is 0 Å². The maximum Gasteiger partial charge on any atom is 0.251 e. The van der Waals surface area contributed by atoms with Crippen molar-refractivity contribution in [3.8, 4) is 0 Å². The van der Waals surface area contributed by atoms with Crippen LogP contribution in [0.25, 0.3) is 10.2 Å². The molecule has 4 nitrogen and oxygen atoms in total. The number of fused-ring (bicyclic) bond motifs is 2. The first-order valence-corrected chi connectivity index (χ1v) is 9.95. The van der Waals surface area contributed by atoms with Gasteiger partial charge < -0.3 is 5.32 Å². The summed E-state index contributed by atoms with van der Waals surface area (Å²) in [6.07, 6.45) is 2.00. The molecule has 1 aliphatic rings. The summed E-state index contributed by atoms with van der Waals surface area (Å²) in [5.41, 5.74) is 7.74. The lowest BCUT2D eigenvalue weighted by atomic mass is 10.00. The number of nitrogens with zero attached hydrogens (tertiary/aromatic N) is 2. The number of hydrogen-bond donors (Lipinski definition) is 1. The smallest absolute Gasteiger partial charge is 0.251 e. The average Bonchev–Trinajstić information content (AvgIpc) is 3.04. The van der Waals surface area contributed by atoms with Gasteiger partial charge in [0.1, 0.15) is 0 Å². The van der Waals surface area contributed by atoms with Gasteiger partial charge in [-0.25, -0.2) is 4.98 Å². The number of thiazole rings is 1. The molecule has 1 aromatic heterocycles. The number of amides is 1. The molecular weight excluding hydrogens is 342 g/mol. The van der Waals surface area contributed by atoms with E-state index in [-0.39, 0.29) is 5.91 Å². The fourth-order valence-electron chi connectivity index (χ4n) is 3.76. The van der Waals surface area contributed by atoms with Crippen molar-refractivity contribution in [1.29, 1.82) is 0 Å². The van der Waals surface area contributed by atoms with E-state index in [2.05, 4.69) is 52.5 Å². The number of aromatic nitrogens is 1. The number of rotatable bonds is 3. The molecule has 0 saturated heterocycles. The van der Waals surface area contributed by atoms with Crippen LogP contribution in [-0.4, -0.2) is 35.9 Å². The van der Waals surface area contributed by atoms with Crippen molar-refractivity contribution in [2.24, 2.45) is 0 Å². The summed E-state index contributed by atoms with van der Waals surface area (Å²) in [4.78, 5) is 18.9. The Labute approximate surface area is 157 Å². The summed E-state index contributed by atoms with van der Waals surface area (Å²) < 4.78 is 1.24. The minimum Gasteiger partial charge on any atom is -0.355 e. The first-order chi connectivity index (χ1) is 12.7. The molecule has 5 heteroatoms. The van der Waals surface area contributed by atoms with E-state index in [0.29, 0.717) is 6.04 Å². The van der Waals surface area contributed by atoms with E-state index in [1.54, 1.807) is 18.4 Å². The van der Waals surface area contributed by atoms with Gasteiger partial charge in [-0.05, 0) is 60.7 Å². The third-order valence-corrected chi connectivity index (χ3v) is 6.23. The Kier molecular flexibility index (Phi) is 4.74. The van der Waals surface area contributed by atoms with Gasteiger partial charge in [0.05, 0.1) is 15.7 Å². The van der Waals surface area contributed by atoms with E-state index in [9.17, 15) is 4.79 Å². The molecule has 2 heterocycles. The van der Waals surface area contributed by atoms with Crippen LogP contribution in [0.2, 0.25) is 0 Å². The molecule has 0 bridgehead atoms. The van der Waals surface area contributed by atoms with Crippen molar-refractivity contribution in [2.75, 3.05) is 20.1 Å². The summed E-state index contributed by atoms with van der Waals surface area (Å²) >= 11 is 1.69. The predicted molar refractivity (Wildman–Crippen MR) is 107 cm³/mol. The van der Waals surface area contributed by atoms with Crippen LogP contribution in [0.1, 0.15) is 40.0 Å². The summed E-state index contributed by atoms with van der Waals surface area (Å²) in [5.74, 6) is -0.0150. The Balaban J connectivity index is 1.53. The van der Waals surface area contributed by atoms with Crippen LogP contribution in [0.3, 0.4) is 0 Å². The molecule has 0 unspecified atom stereocenters. The van der Waals surface area contributed by atoms with Crippen LogP contribution in [-0.2, 0) is 12.8 Å². The van der Waals surface area contributed by atoms with E-state index >= 15 is 0 Å². The van der Waals surface area contributed by atoms with Crippen molar-refractivity contribution >= 4 is 27.5 Å². The fraction of sp³-hybridized carbons (Fsp3) is 0.333. The Morgan fingerprint density at radius 3 is 2.77 bits per heavy atom. The van der Waals surface area contributed by atoms with Crippen LogP contribution in [0.15, 0.2) is 41.9 Å². The highest BCUT2D eigenvalue weighted by Gasteiger charge is 2.21. The second-order valence-corrected chi connectivity index (χ2v) is 7.74. The molecule has 2 aromatic carbocycles. The zero-order valence-corrected chi connectivity index (χ0v) is 16.0. The van der Waals surface area contributed by atoms with Gasteiger partial charge in [0.2, 0.25) is 0 Å². The number of nitrogens with one attached hydrogen (secondary N) is 1. The first-order valence-electron chi connectivity index (χ1n) is 9.07. The van der Waals surface area contributed by atoms with E-state index < -0.39 is 0 Å². The monoisotopic (exact) mass is 365 g/mol. The van der Waals surface area contributed by atoms with Gasteiger partial charge in [-0.1, -0.05) is 12.1 Å². The van der Waals surface area contributed by atoms with E-state index in [4.69, 9.17) is 0 Å². The minimum absolute atomic E-state index is 0.0150. The van der Waals surface area contributed by atoms with Gasteiger partial charge in [-0.15, -0.1) is 11.3 Å². The standard InChI is InChI=1S/C21H23N3OS/c1-14(16-5-6-20-19(12-16)23-13-26-20)24-9-7-15-3-4-18(21(25)22-2)11-17(15)8-10-24/h3-6,11-14H,7-10H2,1-2H3,(H,22,25)/t14-/m0/s1. The Hall–Kier alpha value is -2.24. The van der Waals surface area contributed by atoms with Crippen LogP contribution in [0.5, 0.6) is 0 Å². The Bertz CT molecular complexity index is 949. The molecular formula is C21H23N3OS. The van der Waals surface area contributed by atoms with Crippen molar-refractivity contribution in [3.63, 3.8) is 0 Å². The lowest BCUT2D eigenvalue weighted by Crippen LogP contribution is -2.29. The lowest BCUT2D eigenvalue weighted by molar-refractivity contribution is 0.0963. The molecule has 3 aromatic rings. The molecule has 0 spiro atoms. The van der Waals surface area contributed by atoms with E-state index in [1.165, 1.54) is 21.4 Å². The Morgan fingerprint density at radius 2 is 1.96 bits per heavy atom. The molecule has 1 N–H and O–H groups in total. The molecule has 26 heavy (non-hydrogen) atoms. The number of carbonyl (C=O) groups excluding carboxylic acids is 1. The third kappa shape index (κ3) is 3.24. The zero-order valence-electron chi connectivity index (χ0n) is 15.2. The molecule has 0 saturated carbocycles. The normalized spacial score (nSPS) is 16.1. The molecule has 0 aliphatic carbocycles. The second kappa shape index (κ2) is 7.17. The Morgan fingerprint density at radius 1 is 1.15 bits per heavy atom.